The molecule has 0 spiro atoms. The van der Waals surface area contributed by atoms with Crippen LogP contribution >= 0.6 is 23.2 Å². The van der Waals surface area contributed by atoms with E-state index < -0.39 is 10.0 Å². The Morgan fingerprint density at radius 2 is 1.93 bits per heavy atom. The summed E-state index contributed by atoms with van der Waals surface area (Å²) in [7, 11) is -1.69. The van der Waals surface area contributed by atoms with Gasteiger partial charge in [0.1, 0.15) is 0 Å². The van der Waals surface area contributed by atoms with Gasteiger partial charge < -0.3 is 0 Å². The van der Waals surface area contributed by atoms with Crippen LogP contribution in [-0.4, -0.2) is 26.0 Å². The van der Waals surface area contributed by atoms with Crippen molar-refractivity contribution in [1.82, 2.24) is 4.31 Å². The van der Waals surface area contributed by atoms with Gasteiger partial charge >= 0.3 is 0 Å². The van der Waals surface area contributed by atoms with Crippen LogP contribution in [0.15, 0.2) is 18.2 Å². The maximum absolute atomic E-state index is 11.2. The Morgan fingerprint density at radius 1 is 1.33 bits per heavy atom. The lowest BCUT2D eigenvalue weighted by Crippen LogP contribution is -2.24. The van der Waals surface area contributed by atoms with Gasteiger partial charge in [0.15, 0.2) is 0 Å². The van der Waals surface area contributed by atoms with Crippen LogP contribution in [0.2, 0.25) is 10.0 Å². The third-order valence-corrected chi connectivity index (χ3v) is 3.82. The predicted molar refractivity (Wildman–Crippen MR) is 62.8 cm³/mol. The highest BCUT2D eigenvalue weighted by Crippen LogP contribution is 2.22. The Hall–Kier alpha value is -0.290. The molecule has 0 aliphatic heterocycles. The Bertz CT molecular complexity index is 459. The first kappa shape index (κ1) is 12.8. The molecular formula is C9H11Cl2NO2S. The Labute approximate surface area is 99.7 Å². The number of halogens is 2. The van der Waals surface area contributed by atoms with Crippen molar-refractivity contribution in [2.24, 2.45) is 0 Å². The molecule has 0 unspecified atom stereocenters. The normalized spacial score (nSPS) is 12.1. The van der Waals surface area contributed by atoms with Crippen LogP contribution in [0.1, 0.15) is 5.56 Å². The van der Waals surface area contributed by atoms with Crippen LogP contribution in [0.3, 0.4) is 0 Å². The van der Waals surface area contributed by atoms with E-state index in [0.29, 0.717) is 10.0 Å². The van der Waals surface area contributed by atoms with Gasteiger partial charge in [-0.15, -0.1) is 0 Å². The van der Waals surface area contributed by atoms with E-state index in [-0.39, 0.29) is 6.54 Å². The van der Waals surface area contributed by atoms with Gasteiger partial charge in [0.2, 0.25) is 10.0 Å². The molecule has 0 atom stereocenters. The average Bonchev–Trinajstić information content (AvgIpc) is 2.08. The van der Waals surface area contributed by atoms with Crippen molar-refractivity contribution in [3.63, 3.8) is 0 Å². The first-order valence-electron chi connectivity index (χ1n) is 4.16. The third-order valence-electron chi connectivity index (χ3n) is 1.97. The summed E-state index contributed by atoms with van der Waals surface area (Å²) in [6.07, 6.45) is 1.15. The van der Waals surface area contributed by atoms with Crippen LogP contribution in [-0.2, 0) is 16.6 Å². The molecule has 0 amide bonds. The molecule has 84 valence electrons. The summed E-state index contributed by atoms with van der Waals surface area (Å²) < 4.78 is 23.6. The summed E-state index contributed by atoms with van der Waals surface area (Å²) in [6.45, 7) is 0.245. The van der Waals surface area contributed by atoms with Crippen molar-refractivity contribution in [2.45, 2.75) is 6.54 Å². The molecular weight excluding hydrogens is 257 g/mol. The topological polar surface area (TPSA) is 37.4 Å². The van der Waals surface area contributed by atoms with Crippen LogP contribution in [0.5, 0.6) is 0 Å². The van der Waals surface area contributed by atoms with E-state index in [4.69, 9.17) is 23.2 Å². The van der Waals surface area contributed by atoms with E-state index >= 15 is 0 Å². The minimum atomic E-state index is -3.19. The molecule has 0 heterocycles. The quantitative estimate of drug-likeness (QED) is 0.844. The summed E-state index contributed by atoms with van der Waals surface area (Å²) in [4.78, 5) is 0. The predicted octanol–water partition coefficient (Wildman–Crippen LogP) is 2.38. The first-order chi connectivity index (χ1) is 6.80. The number of hydrogen-bond acceptors (Lipinski definition) is 2. The van der Waals surface area contributed by atoms with E-state index in [1.165, 1.54) is 11.4 Å². The van der Waals surface area contributed by atoms with Crippen molar-refractivity contribution in [2.75, 3.05) is 13.3 Å². The SMILES string of the molecule is CN(Cc1ccc(Cl)cc1Cl)S(C)(=O)=O. The van der Waals surface area contributed by atoms with Crippen molar-refractivity contribution in [3.05, 3.63) is 33.8 Å². The Kier molecular flexibility index (Phi) is 4.00. The standard InChI is InChI=1S/C9H11Cl2NO2S/c1-12(15(2,13)14)6-7-3-4-8(10)5-9(7)11/h3-5H,6H2,1-2H3. The van der Waals surface area contributed by atoms with Crippen molar-refractivity contribution in [1.29, 1.82) is 0 Å². The molecule has 0 fully saturated rings. The zero-order valence-electron chi connectivity index (χ0n) is 8.37. The van der Waals surface area contributed by atoms with Crippen LogP contribution in [0.4, 0.5) is 0 Å². The molecule has 6 heteroatoms. The lowest BCUT2D eigenvalue weighted by atomic mass is 10.2. The van der Waals surface area contributed by atoms with Crippen molar-refractivity contribution in [3.8, 4) is 0 Å². The maximum atomic E-state index is 11.2. The minimum absolute atomic E-state index is 0.245. The number of benzene rings is 1. The maximum Gasteiger partial charge on any atom is 0.211 e. The zero-order chi connectivity index (χ0) is 11.6. The summed E-state index contributed by atoms with van der Waals surface area (Å²) in [5.41, 5.74) is 0.731. The van der Waals surface area contributed by atoms with Gasteiger partial charge in [-0.3, -0.25) is 0 Å². The van der Waals surface area contributed by atoms with E-state index in [1.54, 1.807) is 18.2 Å². The molecule has 1 aromatic carbocycles. The summed E-state index contributed by atoms with van der Waals surface area (Å²) >= 11 is 11.6. The fourth-order valence-corrected chi connectivity index (χ4v) is 1.85. The van der Waals surface area contributed by atoms with Crippen LogP contribution in [0, 0.1) is 0 Å². The summed E-state index contributed by atoms with van der Waals surface area (Å²) in [6, 6.07) is 4.99. The molecule has 0 aromatic heterocycles. The van der Waals surface area contributed by atoms with E-state index in [1.807, 2.05) is 0 Å². The Morgan fingerprint density at radius 3 is 2.40 bits per heavy atom. The minimum Gasteiger partial charge on any atom is -0.213 e. The second-order valence-electron chi connectivity index (χ2n) is 3.25. The smallest absolute Gasteiger partial charge is 0.211 e. The molecule has 3 nitrogen and oxygen atoms in total. The highest BCUT2D eigenvalue weighted by Gasteiger charge is 2.12. The number of rotatable bonds is 3. The Balaban J connectivity index is 2.91. The number of sulfonamides is 1. The van der Waals surface area contributed by atoms with E-state index in [2.05, 4.69) is 0 Å². The molecule has 0 radical (unpaired) electrons. The molecule has 0 bridgehead atoms. The van der Waals surface area contributed by atoms with Gasteiger partial charge in [-0.1, -0.05) is 29.3 Å². The van der Waals surface area contributed by atoms with E-state index in [9.17, 15) is 8.42 Å². The molecule has 1 rings (SSSR count). The van der Waals surface area contributed by atoms with Gasteiger partial charge in [0.05, 0.1) is 6.26 Å². The highest BCUT2D eigenvalue weighted by atomic mass is 35.5. The van der Waals surface area contributed by atoms with Gasteiger partial charge in [-0.05, 0) is 17.7 Å². The molecule has 15 heavy (non-hydrogen) atoms. The molecule has 0 saturated carbocycles. The second kappa shape index (κ2) is 4.70. The molecule has 1 aromatic rings. The fourth-order valence-electron chi connectivity index (χ4n) is 1.01. The lowest BCUT2D eigenvalue weighted by Gasteiger charge is -2.14. The average molecular weight is 268 g/mol. The highest BCUT2D eigenvalue weighted by molar-refractivity contribution is 7.88. The largest absolute Gasteiger partial charge is 0.213 e. The van der Waals surface area contributed by atoms with Gasteiger partial charge in [0, 0.05) is 23.6 Å². The molecule has 0 aliphatic rings. The molecule has 0 N–H and O–H groups in total. The third kappa shape index (κ3) is 3.65. The van der Waals surface area contributed by atoms with Gasteiger partial charge in [0.25, 0.3) is 0 Å². The van der Waals surface area contributed by atoms with Gasteiger partial charge in [-0.25, -0.2) is 12.7 Å². The van der Waals surface area contributed by atoms with Crippen LogP contribution in [0.25, 0.3) is 0 Å². The second-order valence-corrected chi connectivity index (χ2v) is 6.19. The first-order valence-corrected chi connectivity index (χ1v) is 6.76. The van der Waals surface area contributed by atoms with E-state index in [0.717, 1.165) is 11.8 Å². The summed E-state index contributed by atoms with van der Waals surface area (Å²) in [5, 5.41) is 1.00. The number of nitrogens with zero attached hydrogens (tertiary/aromatic N) is 1. The van der Waals surface area contributed by atoms with Gasteiger partial charge in [-0.2, -0.15) is 0 Å². The number of hydrogen-bond donors (Lipinski definition) is 0. The zero-order valence-corrected chi connectivity index (χ0v) is 10.7. The van der Waals surface area contributed by atoms with Crippen LogP contribution < -0.4 is 0 Å². The van der Waals surface area contributed by atoms with Crippen molar-refractivity contribution < 1.29 is 8.42 Å². The fraction of sp³-hybridized carbons (Fsp3) is 0.333. The summed E-state index contributed by atoms with van der Waals surface area (Å²) in [5.74, 6) is 0. The monoisotopic (exact) mass is 267 g/mol. The lowest BCUT2D eigenvalue weighted by molar-refractivity contribution is 0.472. The van der Waals surface area contributed by atoms with Crippen molar-refractivity contribution >= 4 is 33.2 Å². The molecule has 0 aliphatic carbocycles. The molecule has 0 saturated heterocycles.